The van der Waals surface area contributed by atoms with Crippen LogP contribution in [0.1, 0.15) is 30.4 Å². The second-order valence-electron chi connectivity index (χ2n) is 5.87. The molecule has 1 aromatic carbocycles. The van der Waals surface area contributed by atoms with Crippen molar-refractivity contribution in [1.82, 2.24) is 4.72 Å². The molecular weight excluding hydrogens is 288 g/mol. The molecule has 1 saturated carbocycles. The highest BCUT2D eigenvalue weighted by Crippen LogP contribution is 2.48. The first-order valence-electron chi connectivity index (χ1n) is 7.21. The lowest BCUT2D eigenvalue weighted by Crippen LogP contribution is -2.31. The molecule has 1 aliphatic carbocycles. The Kier molecular flexibility index (Phi) is 5.03. The van der Waals surface area contributed by atoms with Gasteiger partial charge in [-0.3, -0.25) is 0 Å². The van der Waals surface area contributed by atoms with Crippen LogP contribution in [-0.2, 0) is 21.3 Å². The average Bonchev–Trinajstić information content (AvgIpc) is 3.24. The Morgan fingerprint density at radius 1 is 1.38 bits per heavy atom. The van der Waals surface area contributed by atoms with Crippen molar-refractivity contribution in [3.63, 3.8) is 0 Å². The monoisotopic (exact) mass is 312 g/mol. The summed E-state index contributed by atoms with van der Waals surface area (Å²) in [6, 6.07) is 5.32. The van der Waals surface area contributed by atoms with E-state index in [1.54, 1.807) is 26.2 Å². The SMILES string of the molecule is COCCC1(CNS(=O)(=O)c2cc(CN)ccc2C)CC1. The summed E-state index contributed by atoms with van der Waals surface area (Å²) in [6.07, 6.45) is 3.01. The predicted octanol–water partition coefficient (Wildman–Crippen LogP) is 1.55. The molecule has 0 aliphatic heterocycles. The molecule has 0 unspecified atom stereocenters. The molecule has 3 N–H and O–H groups in total. The Bertz CT molecular complexity index is 595. The fraction of sp³-hybridized carbons (Fsp3) is 0.600. The van der Waals surface area contributed by atoms with E-state index in [0.29, 0.717) is 24.6 Å². The minimum atomic E-state index is -3.49. The number of sulfonamides is 1. The van der Waals surface area contributed by atoms with Gasteiger partial charge in [-0.2, -0.15) is 0 Å². The maximum atomic E-state index is 12.5. The summed E-state index contributed by atoms with van der Waals surface area (Å²) in [5.41, 5.74) is 7.24. The van der Waals surface area contributed by atoms with Gasteiger partial charge in [0, 0.05) is 26.8 Å². The van der Waals surface area contributed by atoms with Crippen molar-refractivity contribution in [3.05, 3.63) is 29.3 Å². The number of aryl methyl sites for hydroxylation is 1. The molecule has 0 amide bonds. The van der Waals surface area contributed by atoms with Gasteiger partial charge in [-0.25, -0.2) is 13.1 Å². The number of benzene rings is 1. The van der Waals surface area contributed by atoms with Crippen molar-refractivity contribution < 1.29 is 13.2 Å². The number of nitrogens with two attached hydrogens (primary N) is 1. The molecule has 0 saturated heterocycles. The third kappa shape index (κ3) is 4.03. The van der Waals surface area contributed by atoms with Gasteiger partial charge in [0.15, 0.2) is 0 Å². The Labute approximate surface area is 126 Å². The molecule has 0 atom stereocenters. The first kappa shape index (κ1) is 16.4. The Morgan fingerprint density at radius 3 is 2.67 bits per heavy atom. The van der Waals surface area contributed by atoms with Gasteiger partial charge in [-0.05, 0) is 48.8 Å². The van der Waals surface area contributed by atoms with Crippen LogP contribution in [0.3, 0.4) is 0 Å². The standard InChI is InChI=1S/C15H24N2O3S/c1-12-3-4-13(10-16)9-14(12)21(18,19)17-11-15(5-6-15)7-8-20-2/h3-4,9,17H,5-8,10-11,16H2,1-2H3. The molecule has 0 aromatic heterocycles. The van der Waals surface area contributed by atoms with Gasteiger partial charge in [0.2, 0.25) is 10.0 Å². The Morgan fingerprint density at radius 2 is 2.10 bits per heavy atom. The van der Waals surface area contributed by atoms with E-state index in [1.165, 1.54) is 0 Å². The molecule has 0 bridgehead atoms. The third-order valence-electron chi connectivity index (χ3n) is 4.21. The number of hydrogen-bond acceptors (Lipinski definition) is 4. The van der Waals surface area contributed by atoms with E-state index in [2.05, 4.69) is 4.72 Å². The van der Waals surface area contributed by atoms with E-state index in [9.17, 15) is 8.42 Å². The number of rotatable bonds is 8. The molecule has 6 heteroatoms. The Balaban J connectivity index is 2.08. The topological polar surface area (TPSA) is 81.4 Å². The number of hydrogen-bond donors (Lipinski definition) is 2. The van der Waals surface area contributed by atoms with Gasteiger partial charge in [0.05, 0.1) is 4.90 Å². The zero-order valence-electron chi connectivity index (χ0n) is 12.7. The normalized spacial score (nSPS) is 16.9. The molecule has 0 heterocycles. The van der Waals surface area contributed by atoms with Crippen LogP contribution in [0.4, 0.5) is 0 Å². The van der Waals surface area contributed by atoms with Crippen LogP contribution in [0.2, 0.25) is 0 Å². The van der Waals surface area contributed by atoms with E-state index < -0.39 is 10.0 Å². The molecule has 0 radical (unpaired) electrons. The maximum absolute atomic E-state index is 12.5. The van der Waals surface area contributed by atoms with Crippen molar-refractivity contribution in [2.24, 2.45) is 11.1 Å². The second-order valence-corrected chi connectivity index (χ2v) is 7.61. The van der Waals surface area contributed by atoms with Gasteiger partial charge >= 0.3 is 0 Å². The van der Waals surface area contributed by atoms with Crippen LogP contribution in [0.25, 0.3) is 0 Å². The van der Waals surface area contributed by atoms with Gasteiger partial charge in [0.1, 0.15) is 0 Å². The highest BCUT2D eigenvalue weighted by molar-refractivity contribution is 7.89. The minimum Gasteiger partial charge on any atom is -0.385 e. The third-order valence-corrected chi connectivity index (χ3v) is 5.75. The van der Waals surface area contributed by atoms with Gasteiger partial charge in [-0.1, -0.05) is 12.1 Å². The molecule has 0 spiro atoms. The zero-order valence-corrected chi connectivity index (χ0v) is 13.5. The summed E-state index contributed by atoms with van der Waals surface area (Å²) in [5, 5.41) is 0. The first-order chi connectivity index (χ1) is 9.92. The van der Waals surface area contributed by atoms with Gasteiger partial charge in [-0.15, -0.1) is 0 Å². The predicted molar refractivity (Wildman–Crippen MR) is 82.4 cm³/mol. The van der Waals surface area contributed by atoms with Gasteiger partial charge in [0.25, 0.3) is 0 Å². The number of nitrogens with one attached hydrogen (secondary N) is 1. The van der Waals surface area contributed by atoms with Crippen molar-refractivity contribution in [2.45, 2.75) is 37.6 Å². The fourth-order valence-electron chi connectivity index (χ4n) is 2.40. The second kappa shape index (κ2) is 6.44. The molecule has 5 nitrogen and oxygen atoms in total. The fourth-order valence-corrected chi connectivity index (χ4v) is 3.85. The largest absolute Gasteiger partial charge is 0.385 e. The average molecular weight is 312 g/mol. The van der Waals surface area contributed by atoms with Crippen LogP contribution in [0.15, 0.2) is 23.1 Å². The molecule has 1 fully saturated rings. The van der Waals surface area contributed by atoms with Crippen LogP contribution in [-0.4, -0.2) is 28.7 Å². The summed E-state index contributed by atoms with van der Waals surface area (Å²) in [6.45, 7) is 3.28. The van der Waals surface area contributed by atoms with E-state index in [-0.39, 0.29) is 5.41 Å². The van der Waals surface area contributed by atoms with Crippen molar-refractivity contribution in [2.75, 3.05) is 20.3 Å². The molecule has 1 aliphatic rings. The van der Waals surface area contributed by atoms with Crippen LogP contribution in [0.5, 0.6) is 0 Å². The van der Waals surface area contributed by atoms with Crippen molar-refractivity contribution >= 4 is 10.0 Å². The van der Waals surface area contributed by atoms with E-state index in [1.807, 2.05) is 6.07 Å². The summed E-state index contributed by atoms with van der Waals surface area (Å²) >= 11 is 0. The lowest BCUT2D eigenvalue weighted by Gasteiger charge is -2.16. The number of methoxy groups -OCH3 is 1. The Hall–Kier alpha value is -0.950. The molecular formula is C15H24N2O3S. The van der Waals surface area contributed by atoms with E-state index in [4.69, 9.17) is 10.5 Å². The zero-order chi connectivity index (χ0) is 15.5. The maximum Gasteiger partial charge on any atom is 0.240 e. The molecule has 1 aromatic rings. The quantitative estimate of drug-likeness (QED) is 0.763. The molecule has 2 rings (SSSR count). The lowest BCUT2D eigenvalue weighted by atomic mass is 10.0. The smallest absolute Gasteiger partial charge is 0.240 e. The van der Waals surface area contributed by atoms with Crippen molar-refractivity contribution in [3.8, 4) is 0 Å². The van der Waals surface area contributed by atoms with Crippen molar-refractivity contribution in [1.29, 1.82) is 0 Å². The lowest BCUT2D eigenvalue weighted by molar-refractivity contribution is 0.173. The van der Waals surface area contributed by atoms with Crippen LogP contribution in [0, 0.1) is 12.3 Å². The first-order valence-corrected chi connectivity index (χ1v) is 8.69. The van der Waals surface area contributed by atoms with E-state index >= 15 is 0 Å². The summed E-state index contributed by atoms with van der Waals surface area (Å²) in [4.78, 5) is 0.327. The summed E-state index contributed by atoms with van der Waals surface area (Å²) in [5.74, 6) is 0. The van der Waals surface area contributed by atoms with Crippen LogP contribution < -0.4 is 10.5 Å². The van der Waals surface area contributed by atoms with Crippen LogP contribution >= 0.6 is 0 Å². The minimum absolute atomic E-state index is 0.0858. The van der Waals surface area contributed by atoms with Gasteiger partial charge < -0.3 is 10.5 Å². The summed E-state index contributed by atoms with van der Waals surface area (Å²) < 4.78 is 32.8. The molecule has 118 valence electrons. The molecule has 21 heavy (non-hydrogen) atoms. The van der Waals surface area contributed by atoms with E-state index in [0.717, 1.165) is 30.4 Å². The summed E-state index contributed by atoms with van der Waals surface area (Å²) in [7, 11) is -1.82. The number of ether oxygens (including phenoxy) is 1. The highest BCUT2D eigenvalue weighted by Gasteiger charge is 2.42. The highest BCUT2D eigenvalue weighted by atomic mass is 32.2.